The number of benzene rings is 1. The molecule has 1 heterocycles. The fourth-order valence-electron chi connectivity index (χ4n) is 1.92. The lowest BCUT2D eigenvalue weighted by molar-refractivity contribution is 0.510. The van der Waals surface area contributed by atoms with Crippen molar-refractivity contribution in [1.29, 1.82) is 0 Å². The average Bonchev–Trinajstić information content (AvgIpc) is 2.78. The molecule has 0 saturated heterocycles. The van der Waals surface area contributed by atoms with Crippen molar-refractivity contribution in [3.05, 3.63) is 52.1 Å². The van der Waals surface area contributed by atoms with E-state index in [0.29, 0.717) is 5.89 Å². The van der Waals surface area contributed by atoms with E-state index in [4.69, 9.17) is 4.42 Å². The van der Waals surface area contributed by atoms with Crippen LogP contribution in [0.4, 0.5) is 0 Å². The fraction of sp³-hybridized carbons (Fsp3) is 0.357. The highest BCUT2D eigenvalue weighted by Gasteiger charge is 2.14. The maximum atomic E-state index is 5.29. The Kier molecular flexibility index (Phi) is 4.55. The Morgan fingerprint density at radius 2 is 2.06 bits per heavy atom. The van der Waals surface area contributed by atoms with Crippen LogP contribution in [0.25, 0.3) is 0 Å². The van der Waals surface area contributed by atoms with Gasteiger partial charge in [-0.25, -0.2) is 4.98 Å². The molecule has 0 bridgehead atoms. The molecule has 2 aromatic rings. The van der Waals surface area contributed by atoms with Crippen LogP contribution in [0.3, 0.4) is 0 Å². The van der Waals surface area contributed by atoms with E-state index in [1.165, 1.54) is 5.56 Å². The lowest BCUT2D eigenvalue weighted by atomic mass is 10.0. The van der Waals surface area contributed by atoms with E-state index < -0.39 is 0 Å². The van der Waals surface area contributed by atoms with Crippen molar-refractivity contribution in [2.45, 2.75) is 26.3 Å². The summed E-state index contributed by atoms with van der Waals surface area (Å²) in [5, 5.41) is 3.44. The standard InChI is InChI=1S/C14H17BrN2O/c1-3-16-13(14-9-18-10(2)17-14)8-11-4-6-12(15)7-5-11/h4-7,9,13,16H,3,8H2,1-2H3. The Balaban J connectivity index is 2.13. The quantitative estimate of drug-likeness (QED) is 0.916. The molecule has 2 rings (SSSR count). The first kappa shape index (κ1) is 13.3. The van der Waals surface area contributed by atoms with Crippen molar-refractivity contribution in [3.63, 3.8) is 0 Å². The van der Waals surface area contributed by atoms with Gasteiger partial charge in [-0.1, -0.05) is 35.0 Å². The zero-order valence-electron chi connectivity index (χ0n) is 10.6. The van der Waals surface area contributed by atoms with Gasteiger partial charge in [-0.2, -0.15) is 0 Å². The van der Waals surface area contributed by atoms with Gasteiger partial charge in [0.15, 0.2) is 5.89 Å². The van der Waals surface area contributed by atoms with Gasteiger partial charge >= 0.3 is 0 Å². The van der Waals surface area contributed by atoms with E-state index >= 15 is 0 Å². The van der Waals surface area contributed by atoms with E-state index in [9.17, 15) is 0 Å². The van der Waals surface area contributed by atoms with Crippen LogP contribution in [-0.4, -0.2) is 11.5 Å². The van der Waals surface area contributed by atoms with Crippen molar-refractivity contribution in [2.75, 3.05) is 6.54 Å². The highest BCUT2D eigenvalue weighted by molar-refractivity contribution is 9.10. The Bertz CT molecular complexity index is 493. The van der Waals surface area contributed by atoms with Crippen molar-refractivity contribution < 1.29 is 4.42 Å². The summed E-state index contributed by atoms with van der Waals surface area (Å²) in [7, 11) is 0. The molecule has 0 amide bonds. The first-order valence-electron chi connectivity index (χ1n) is 6.09. The number of aryl methyl sites for hydroxylation is 1. The molecule has 1 atom stereocenters. The third-order valence-corrected chi connectivity index (χ3v) is 3.33. The van der Waals surface area contributed by atoms with E-state index in [1.807, 2.05) is 6.92 Å². The maximum absolute atomic E-state index is 5.29. The Morgan fingerprint density at radius 1 is 1.33 bits per heavy atom. The van der Waals surface area contributed by atoms with Gasteiger partial charge < -0.3 is 9.73 Å². The molecule has 18 heavy (non-hydrogen) atoms. The number of likely N-dealkylation sites (N-methyl/N-ethyl adjacent to an activating group) is 1. The SMILES string of the molecule is CCNC(Cc1ccc(Br)cc1)c1coc(C)n1. The highest BCUT2D eigenvalue weighted by atomic mass is 79.9. The van der Waals surface area contributed by atoms with Crippen molar-refractivity contribution >= 4 is 15.9 Å². The Labute approximate surface area is 116 Å². The largest absolute Gasteiger partial charge is 0.449 e. The predicted molar refractivity (Wildman–Crippen MR) is 75.5 cm³/mol. The van der Waals surface area contributed by atoms with E-state index in [0.717, 1.165) is 23.1 Å². The first-order chi connectivity index (χ1) is 8.69. The number of halogens is 1. The minimum Gasteiger partial charge on any atom is -0.449 e. The van der Waals surface area contributed by atoms with Crippen LogP contribution in [0, 0.1) is 6.92 Å². The minimum atomic E-state index is 0.202. The number of aromatic nitrogens is 1. The summed E-state index contributed by atoms with van der Waals surface area (Å²) in [6, 6.07) is 8.58. The highest BCUT2D eigenvalue weighted by Crippen LogP contribution is 2.19. The molecule has 0 radical (unpaired) electrons. The molecule has 0 fully saturated rings. The second kappa shape index (κ2) is 6.16. The van der Waals surface area contributed by atoms with Crippen molar-refractivity contribution in [2.24, 2.45) is 0 Å². The lowest BCUT2D eigenvalue weighted by Crippen LogP contribution is -2.23. The average molecular weight is 309 g/mol. The summed E-state index contributed by atoms with van der Waals surface area (Å²) in [4.78, 5) is 4.40. The molecule has 3 nitrogen and oxygen atoms in total. The first-order valence-corrected chi connectivity index (χ1v) is 6.88. The van der Waals surface area contributed by atoms with Gasteiger partial charge in [0.1, 0.15) is 6.26 Å². The molecule has 0 aliphatic heterocycles. The van der Waals surface area contributed by atoms with Crippen LogP contribution >= 0.6 is 15.9 Å². The third kappa shape index (κ3) is 3.43. The molecule has 1 aromatic carbocycles. The molecule has 0 saturated carbocycles. The predicted octanol–water partition coefficient (Wildman–Crippen LogP) is 3.64. The summed E-state index contributed by atoms with van der Waals surface area (Å²) < 4.78 is 6.39. The number of nitrogens with one attached hydrogen (secondary N) is 1. The van der Waals surface area contributed by atoms with Crippen LogP contribution in [0.2, 0.25) is 0 Å². The summed E-state index contributed by atoms with van der Waals surface area (Å²) in [6.45, 7) is 4.88. The minimum absolute atomic E-state index is 0.202. The summed E-state index contributed by atoms with van der Waals surface area (Å²) in [6.07, 6.45) is 2.65. The number of hydrogen-bond acceptors (Lipinski definition) is 3. The van der Waals surface area contributed by atoms with Crippen LogP contribution < -0.4 is 5.32 Å². The van der Waals surface area contributed by atoms with Gasteiger partial charge in [0.05, 0.1) is 11.7 Å². The molecule has 0 aliphatic carbocycles. The van der Waals surface area contributed by atoms with Crippen molar-refractivity contribution in [1.82, 2.24) is 10.3 Å². The maximum Gasteiger partial charge on any atom is 0.191 e. The normalized spacial score (nSPS) is 12.6. The second-order valence-electron chi connectivity index (χ2n) is 4.23. The summed E-state index contributed by atoms with van der Waals surface area (Å²) in [5.41, 5.74) is 2.25. The van der Waals surface area contributed by atoms with Gasteiger partial charge in [-0.15, -0.1) is 0 Å². The van der Waals surface area contributed by atoms with Gasteiger partial charge in [0.2, 0.25) is 0 Å². The van der Waals surface area contributed by atoms with E-state index in [1.54, 1.807) is 6.26 Å². The summed E-state index contributed by atoms with van der Waals surface area (Å²) in [5.74, 6) is 0.712. The Hall–Kier alpha value is -1.13. The topological polar surface area (TPSA) is 38.1 Å². The number of hydrogen-bond donors (Lipinski definition) is 1. The van der Waals surface area contributed by atoms with E-state index in [2.05, 4.69) is 57.4 Å². The van der Waals surface area contributed by atoms with Crippen LogP contribution in [-0.2, 0) is 6.42 Å². The smallest absolute Gasteiger partial charge is 0.191 e. The lowest BCUT2D eigenvalue weighted by Gasteiger charge is -2.15. The number of rotatable bonds is 5. The Morgan fingerprint density at radius 3 is 2.61 bits per heavy atom. The number of oxazole rings is 1. The molecule has 1 unspecified atom stereocenters. The van der Waals surface area contributed by atoms with Crippen LogP contribution in [0.15, 0.2) is 39.4 Å². The van der Waals surface area contributed by atoms with Gasteiger partial charge in [-0.05, 0) is 30.7 Å². The molecule has 1 N–H and O–H groups in total. The van der Waals surface area contributed by atoms with Crippen LogP contribution in [0.1, 0.15) is 30.1 Å². The number of nitrogens with zero attached hydrogens (tertiary/aromatic N) is 1. The van der Waals surface area contributed by atoms with E-state index in [-0.39, 0.29) is 6.04 Å². The van der Waals surface area contributed by atoms with Gasteiger partial charge in [0.25, 0.3) is 0 Å². The third-order valence-electron chi connectivity index (χ3n) is 2.80. The monoisotopic (exact) mass is 308 g/mol. The molecule has 1 aromatic heterocycles. The fourth-order valence-corrected chi connectivity index (χ4v) is 2.19. The zero-order valence-corrected chi connectivity index (χ0v) is 12.2. The summed E-state index contributed by atoms with van der Waals surface area (Å²) >= 11 is 3.45. The molecular formula is C14H17BrN2O. The van der Waals surface area contributed by atoms with Gasteiger partial charge in [0, 0.05) is 11.4 Å². The van der Waals surface area contributed by atoms with Gasteiger partial charge in [-0.3, -0.25) is 0 Å². The molecular weight excluding hydrogens is 292 g/mol. The van der Waals surface area contributed by atoms with Crippen molar-refractivity contribution in [3.8, 4) is 0 Å². The molecule has 96 valence electrons. The van der Waals surface area contributed by atoms with Crippen LogP contribution in [0.5, 0.6) is 0 Å². The second-order valence-corrected chi connectivity index (χ2v) is 5.15. The molecule has 4 heteroatoms. The zero-order chi connectivity index (χ0) is 13.0. The molecule has 0 spiro atoms. The molecule has 0 aliphatic rings.